The SMILES string of the molecule is Cc1cc2nc(-c3ccc(F)cc3F)n(-c3ccncc3)c2nc1N1CCNCC1. The fourth-order valence-corrected chi connectivity index (χ4v) is 3.88. The minimum Gasteiger partial charge on any atom is -0.354 e. The highest BCUT2D eigenvalue weighted by Crippen LogP contribution is 2.32. The molecule has 0 bridgehead atoms. The molecule has 3 aromatic heterocycles. The first kappa shape index (κ1) is 18.6. The van der Waals surface area contributed by atoms with Crippen LogP contribution in [0.3, 0.4) is 0 Å². The zero-order chi connectivity index (χ0) is 20.7. The number of nitrogens with zero attached hydrogens (tertiary/aromatic N) is 5. The van der Waals surface area contributed by atoms with Crippen LogP contribution in [-0.4, -0.2) is 45.7 Å². The molecule has 5 rings (SSSR count). The van der Waals surface area contributed by atoms with Crippen LogP contribution in [0.2, 0.25) is 0 Å². The van der Waals surface area contributed by atoms with Crippen molar-refractivity contribution in [1.29, 1.82) is 0 Å². The molecule has 1 saturated heterocycles. The van der Waals surface area contributed by atoms with Crippen molar-refractivity contribution in [2.45, 2.75) is 6.92 Å². The van der Waals surface area contributed by atoms with Crippen LogP contribution in [0.1, 0.15) is 5.56 Å². The van der Waals surface area contributed by atoms with E-state index in [9.17, 15) is 8.78 Å². The van der Waals surface area contributed by atoms with Gasteiger partial charge in [-0.15, -0.1) is 0 Å². The van der Waals surface area contributed by atoms with Gasteiger partial charge in [0.1, 0.15) is 28.8 Å². The Balaban J connectivity index is 1.77. The number of hydrogen-bond donors (Lipinski definition) is 1. The van der Waals surface area contributed by atoms with Crippen molar-refractivity contribution in [2.24, 2.45) is 0 Å². The van der Waals surface area contributed by atoms with E-state index in [4.69, 9.17) is 4.98 Å². The minimum absolute atomic E-state index is 0.215. The molecule has 0 aliphatic carbocycles. The van der Waals surface area contributed by atoms with Gasteiger partial charge < -0.3 is 10.2 Å². The van der Waals surface area contributed by atoms with E-state index in [-0.39, 0.29) is 5.56 Å². The Morgan fingerprint density at radius 1 is 0.967 bits per heavy atom. The molecule has 1 aliphatic rings. The summed E-state index contributed by atoms with van der Waals surface area (Å²) in [5.74, 6) is -0.0270. The molecular weight excluding hydrogens is 386 g/mol. The average molecular weight is 406 g/mol. The summed E-state index contributed by atoms with van der Waals surface area (Å²) in [5, 5.41) is 3.35. The maximum atomic E-state index is 14.7. The lowest BCUT2D eigenvalue weighted by atomic mass is 10.2. The van der Waals surface area contributed by atoms with E-state index in [1.807, 2.05) is 25.1 Å². The summed E-state index contributed by atoms with van der Waals surface area (Å²) in [5.41, 5.74) is 3.26. The molecule has 0 amide bonds. The molecule has 0 saturated carbocycles. The highest BCUT2D eigenvalue weighted by molar-refractivity contribution is 5.82. The standard InChI is InChI=1S/C22H20F2N6/c1-14-12-19-22(28-20(14)29-10-8-26-9-11-29)30(16-4-6-25-7-5-16)21(27-19)17-3-2-15(23)13-18(17)24/h2-7,12-13,26H,8-11H2,1H3. The third-order valence-electron chi connectivity index (χ3n) is 5.31. The largest absolute Gasteiger partial charge is 0.354 e. The van der Waals surface area contributed by atoms with Crippen molar-refractivity contribution < 1.29 is 8.78 Å². The Morgan fingerprint density at radius 3 is 2.47 bits per heavy atom. The van der Waals surface area contributed by atoms with Crippen molar-refractivity contribution in [3.8, 4) is 17.1 Å². The second kappa shape index (κ2) is 7.46. The summed E-state index contributed by atoms with van der Waals surface area (Å²) in [6.07, 6.45) is 3.33. The molecule has 4 aromatic rings. The fraction of sp³-hybridized carbons (Fsp3) is 0.227. The number of benzene rings is 1. The molecule has 1 aliphatic heterocycles. The lowest BCUT2D eigenvalue weighted by Gasteiger charge is -2.29. The van der Waals surface area contributed by atoms with Gasteiger partial charge in [-0.1, -0.05) is 0 Å². The van der Waals surface area contributed by atoms with E-state index in [0.717, 1.165) is 49.3 Å². The Bertz CT molecular complexity index is 1220. The number of piperazine rings is 1. The van der Waals surface area contributed by atoms with Crippen LogP contribution in [0.5, 0.6) is 0 Å². The van der Waals surface area contributed by atoms with Gasteiger partial charge in [-0.25, -0.2) is 18.7 Å². The normalized spacial score (nSPS) is 14.4. The van der Waals surface area contributed by atoms with Crippen LogP contribution >= 0.6 is 0 Å². The van der Waals surface area contributed by atoms with Crippen molar-refractivity contribution in [3.63, 3.8) is 0 Å². The fourth-order valence-electron chi connectivity index (χ4n) is 3.88. The Hall–Kier alpha value is -3.39. The Morgan fingerprint density at radius 2 is 1.73 bits per heavy atom. The van der Waals surface area contributed by atoms with E-state index in [1.165, 1.54) is 12.1 Å². The molecule has 0 spiro atoms. The summed E-state index contributed by atoms with van der Waals surface area (Å²) in [6.45, 7) is 5.53. The number of aryl methyl sites for hydroxylation is 1. The summed E-state index contributed by atoms with van der Waals surface area (Å²) < 4.78 is 30.0. The summed E-state index contributed by atoms with van der Waals surface area (Å²) >= 11 is 0. The van der Waals surface area contributed by atoms with E-state index in [0.29, 0.717) is 17.0 Å². The van der Waals surface area contributed by atoms with Crippen LogP contribution < -0.4 is 10.2 Å². The zero-order valence-corrected chi connectivity index (χ0v) is 16.4. The summed E-state index contributed by atoms with van der Waals surface area (Å²) in [7, 11) is 0. The Kier molecular flexibility index (Phi) is 4.63. The average Bonchev–Trinajstić information content (AvgIpc) is 3.12. The second-order valence-corrected chi connectivity index (χ2v) is 7.31. The molecule has 30 heavy (non-hydrogen) atoms. The first-order chi connectivity index (χ1) is 14.6. The van der Waals surface area contributed by atoms with Crippen molar-refractivity contribution in [2.75, 3.05) is 31.1 Å². The lowest BCUT2D eigenvalue weighted by molar-refractivity contribution is 0.584. The van der Waals surface area contributed by atoms with Crippen molar-refractivity contribution >= 4 is 17.0 Å². The molecule has 0 radical (unpaired) electrons. The van der Waals surface area contributed by atoms with Crippen LogP contribution in [0.25, 0.3) is 28.2 Å². The van der Waals surface area contributed by atoms with Gasteiger partial charge in [0, 0.05) is 44.6 Å². The minimum atomic E-state index is -0.667. The van der Waals surface area contributed by atoms with E-state index in [2.05, 4.69) is 20.2 Å². The van der Waals surface area contributed by atoms with Gasteiger partial charge in [-0.05, 0) is 42.8 Å². The molecule has 4 heterocycles. The maximum Gasteiger partial charge on any atom is 0.167 e. The number of aromatic nitrogens is 4. The van der Waals surface area contributed by atoms with Crippen LogP contribution in [0, 0.1) is 18.6 Å². The van der Waals surface area contributed by atoms with Gasteiger partial charge in [-0.3, -0.25) is 9.55 Å². The first-order valence-corrected chi connectivity index (χ1v) is 9.83. The zero-order valence-electron chi connectivity index (χ0n) is 16.4. The number of pyridine rings is 2. The molecule has 0 atom stereocenters. The predicted octanol–water partition coefficient (Wildman–Crippen LogP) is 3.48. The quantitative estimate of drug-likeness (QED) is 0.565. The van der Waals surface area contributed by atoms with Crippen LogP contribution in [-0.2, 0) is 0 Å². The number of imidazole rings is 1. The Labute approximate surface area is 172 Å². The molecule has 0 unspecified atom stereocenters. The molecule has 8 heteroatoms. The van der Waals surface area contributed by atoms with Gasteiger partial charge in [0.05, 0.1) is 11.3 Å². The highest BCUT2D eigenvalue weighted by atomic mass is 19.1. The molecule has 1 fully saturated rings. The van der Waals surface area contributed by atoms with Crippen molar-refractivity contribution in [3.05, 3.63) is 66.0 Å². The number of nitrogens with one attached hydrogen (secondary N) is 1. The smallest absolute Gasteiger partial charge is 0.167 e. The lowest BCUT2D eigenvalue weighted by Crippen LogP contribution is -2.44. The van der Waals surface area contributed by atoms with E-state index in [1.54, 1.807) is 17.0 Å². The third kappa shape index (κ3) is 3.19. The van der Waals surface area contributed by atoms with E-state index < -0.39 is 11.6 Å². The van der Waals surface area contributed by atoms with Gasteiger partial charge in [0.25, 0.3) is 0 Å². The number of anilines is 1. The monoisotopic (exact) mass is 406 g/mol. The topological polar surface area (TPSA) is 58.9 Å². The van der Waals surface area contributed by atoms with Crippen LogP contribution in [0.15, 0.2) is 48.8 Å². The first-order valence-electron chi connectivity index (χ1n) is 9.83. The molecular formula is C22H20F2N6. The summed E-state index contributed by atoms with van der Waals surface area (Å²) in [4.78, 5) is 16.0. The summed E-state index contributed by atoms with van der Waals surface area (Å²) in [6, 6.07) is 9.13. The van der Waals surface area contributed by atoms with Crippen LogP contribution in [0.4, 0.5) is 14.6 Å². The van der Waals surface area contributed by atoms with Crippen molar-refractivity contribution in [1.82, 2.24) is 24.8 Å². The number of fused-ring (bicyclic) bond motifs is 1. The molecule has 1 N–H and O–H groups in total. The van der Waals surface area contributed by atoms with Gasteiger partial charge in [-0.2, -0.15) is 0 Å². The van der Waals surface area contributed by atoms with Gasteiger partial charge in [0.2, 0.25) is 0 Å². The number of halogens is 2. The number of hydrogen-bond acceptors (Lipinski definition) is 5. The van der Waals surface area contributed by atoms with E-state index >= 15 is 0 Å². The maximum absolute atomic E-state index is 14.7. The third-order valence-corrected chi connectivity index (χ3v) is 5.31. The second-order valence-electron chi connectivity index (χ2n) is 7.31. The van der Waals surface area contributed by atoms with Gasteiger partial charge in [0.15, 0.2) is 5.65 Å². The van der Waals surface area contributed by atoms with Gasteiger partial charge >= 0.3 is 0 Å². The number of rotatable bonds is 3. The molecule has 1 aromatic carbocycles. The predicted molar refractivity (Wildman–Crippen MR) is 112 cm³/mol. The highest BCUT2D eigenvalue weighted by Gasteiger charge is 2.22. The molecule has 6 nitrogen and oxygen atoms in total. The molecule has 152 valence electrons.